The minimum absolute atomic E-state index is 0.0299. The highest BCUT2D eigenvalue weighted by Gasteiger charge is 2.73. The first kappa shape index (κ1) is 29.9. The van der Waals surface area contributed by atoms with E-state index in [0.29, 0.717) is 0 Å². The Bertz CT molecular complexity index is 1140. The van der Waals surface area contributed by atoms with Crippen molar-refractivity contribution in [3.8, 4) is 5.75 Å². The molecule has 0 amide bonds. The van der Waals surface area contributed by atoms with Crippen LogP contribution >= 0.6 is 0 Å². The van der Waals surface area contributed by atoms with Gasteiger partial charge in [-0.25, -0.2) is 0 Å². The molecule has 0 spiro atoms. The van der Waals surface area contributed by atoms with Gasteiger partial charge in [-0.2, -0.15) is 26.3 Å². The van der Waals surface area contributed by atoms with Crippen molar-refractivity contribution in [2.24, 2.45) is 0 Å². The quantitative estimate of drug-likeness (QED) is 0.151. The van der Waals surface area contributed by atoms with Crippen LogP contribution in [-0.4, -0.2) is 38.5 Å². The zero-order valence-electron chi connectivity index (χ0n) is 21.3. The van der Waals surface area contributed by atoms with E-state index < -0.39 is 42.2 Å². The Morgan fingerprint density at radius 1 is 0.658 bits per heavy atom. The molecule has 0 bridgehead atoms. The molecule has 0 fully saturated rings. The van der Waals surface area contributed by atoms with Crippen molar-refractivity contribution in [2.75, 3.05) is 20.5 Å². The van der Waals surface area contributed by atoms with Gasteiger partial charge in [-0.1, -0.05) is 51.1 Å². The molecule has 0 aliphatic rings. The molecule has 3 aromatic rings. The normalized spacial score (nSPS) is 13.8. The van der Waals surface area contributed by atoms with Gasteiger partial charge in [0.05, 0.1) is 10.9 Å². The summed E-state index contributed by atoms with van der Waals surface area (Å²) in [5.41, 5.74) is -3.41. The second-order valence-corrected chi connectivity index (χ2v) is 11.6. The maximum Gasteiger partial charge on any atom is 0.430 e. The van der Waals surface area contributed by atoms with Crippen LogP contribution in [0.1, 0.15) is 26.3 Å². The highest BCUT2D eigenvalue weighted by molar-refractivity contribution is 7.97. The molecule has 0 radical (unpaired) electrons. The number of methoxy groups -OCH3 is 1. The van der Waals surface area contributed by atoms with Crippen LogP contribution in [0.2, 0.25) is 0 Å². The van der Waals surface area contributed by atoms with E-state index in [1.165, 1.54) is 12.1 Å². The van der Waals surface area contributed by atoms with Crippen LogP contribution in [0.4, 0.5) is 26.3 Å². The van der Waals surface area contributed by atoms with Gasteiger partial charge >= 0.3 is 12.4 Å². The maximum atomic E-state index is 13.6. The molecule has 0 aliphatic carbocycles. The Balaban J connectivity index is 1.91. The van der Waals surface area contributed by atoms with Gasteiger partial charge in [0.25, 0.3) is 5.60 Å². The zero-order valence-corrected chi connectivity index (χ0v) is 22.1. The van der Waals surface area contributed by atoms with E-state index in [1.54, 1.807) is 12.1 Å². The highest BCUT2D eigenvalue weighted by Crippen LogP contribution is 2.46. The fourth-order valence-corrected chi connectivity index (χ4v) is 5.66. The Labute approximate surface area is 221 Å². The number of alkyl halides is 6. The van der Waals surface area contributed by atoms with Gasteiger partial charge in [0.2, 0.25) is 0 Å². The van der Waals surface area contributed by atoms with Gasteiger partial charge in [0, 0.05) is 7.11 Å². The Morgan fingerprint density at radius 3 is 1.58 bits per heavy atom. The molecular weight excluding hydrogens is 530 g/mol. The summed E-state index contributed by atoms with van der Waals surface area (Å²) >= 11 is 0. The summed E-state index contributed by atoms with van der Waals surface area (Å²) in [6, 6.07) is 23.8. The average Bonchev–Trinajstić information content (AvgIpc) is 2.84. The van der Waals surface area contributed by atoms with Crippen LogP contribution in [0.15, 0.2) is 93.5 Å². The average molecular weight is 560 g/mol. The van der Waals surface area contributed by atoms with Crippen molar-refractivity contribution in [1.29, 1.82) is 0 Å². The zero-order chi connectivity index (χ0) is 28.2. The van der Waals surface area contributed by atoms with Crippen molar-refractivity contribution in [1.82, 2.24) is 0 Å². The van der Waals surface area contributed by atoms with Crippen LogP contribution in [0.3, 0.4) is 0 Å². The van der Waals surface area contributed by atoms with Crippen LogP contribution in [-0.2, 0) is 25.8 Å². The van der Waals surface area contributed by atoms with E-state index in [9.17, 15) is 26.3 Å². The number of benzene rings is 3. The summed E-state index contributed by atoms with van der Waals surface area (Å²) in [7, 11) is 0.360. The Hall–Kier alpha value is -2.69. The first-order valence-corrected chi connectivity index (χ1v) is 12.8. The van der Waals surface area contributed by atoms with Crippen molar-refractivity contribution in [3.63, 3.8) is 0 Å². The second-order valence-electron chi connectivity index (χ2n) is 9.53. The van der Waals surface area contributed by atoms with E-state index in [4.69, 9.17) is 4.74 Å². The molecule has 3 nitrogen and oxygen atoms in total. The molecule has 10 heteroatoms. The third-order valence-corrected chi connectivity index (χ3v) is 8.01. The van der Waals surface area contributed by atoms with E-state index in [-0.39, 0.29) is 11.2 Å². The van der Waals surface area contributed by atoms with Crippen LogP contribution in [0, 0.1) is 0 Å². The summed E-state index contributed by atoms with van der Waals surface area (Å²) in [4.78, 5) is 2.84. The van der Waals surface area contributed by atoms with Gasteiger partial charge in [-0.05, 0) is 59.5 Å². The van der Waals surface area contributed by atoms with Crippen molar-refractivity contribution >= 4 is 10.9 Å². The number of hydrogen-bond acceptors (Lipinski definition) is 3. The lowest BCUT2D eigenvalue weighted by Crippen LogP contribution is -2.62. The third kappa shape index (κ3) is 6.65. The summed E-state index contributed by atoms with van der Waals surface area (Å²) in [5, 5.41) is 0. The van der Waals surface area contributed by atoms with Gasteiger partial charge in [0.1, 0.15) is 19.1 Å². The standard InChI is InChI=1S/C28H29F6O3S/c1-25(2,3)20-10-14-23(15-11-20)38(22-8-6-5-7-9-22)24-16-12-21(13-17-24)36-18-26(27(29,30)31,28(32,33)34)37-19-35-4/h5-17H,18-19H2,1-4H3/q+1. The molecule has 1 unspecified atom stereocenters. The van der Waals surface area contributed by atoms with Crippen LogP contribution < -0.4 is 4.74 Å². The van der Waals surface area contributed by atoms with Crippen molar-refractivity contribution in [3.05, 3.63) is 84.4 Å². The third-order valence-electron chi connectivity index (χ3n) is 5.78. The lowest BCUT2D eigenvalue weighted by molar-refractivity contribution is -0.397. The van der Waals surface area contributed by atoms with E-state index in [1.807, 2.05) is 42.5 Å². The predicted octanol–water partition coefficient (Wildman–Crippen LogP) is 7.94. The first-order chi connectivity index (χ1) is 17.7. The van der Waals surface area contributed by atoms with Crippen LogP contribution in [0.25, 0.3) is 0 Å². The fourth-order valence-electron chi connectivity index (χ4n) is 3.60. The molecule has 0 N–H and O–H groups in total. The summed E-state index contributed by atoms with van der Waals surface area (Å²) in [6.45, 7) is 3.31. The number of halogens is 6. The second kappa shape index (κ2) is 11.6. The van der Waals surface area contributed by atoms with E-state index in [2.05, 4.69) is 42.4 Å². The van der Waals surface area contributed by atoms with E-state index in [0.717, 1.165) is 27.4 Å². The van der Waals surface area contributed by atoms with Gasteiger partial charge in [-0.15, -0.1) is 0 Å². The number of ether oxygens (including phenoxy) is 3. The molecule has 0 aromatic heterocycles. The van der Waals surface area contributed by atoms with Gasteiger partial charge in [-0.3, -0.25) is 0 Å². The SMILES string of the molecule is COCOC(COc1ccc([S+](c2ccccc2)c2ccc(C(C)(C)C)cc2)cc1)(C(F)(F)F)C(F)(F)F. The molecule has 0 saturated heterocycles. The predicted molar refractivity (Wildman–Crippen MR) is 133 cm³/mol. The molecule has 3 aromatic carbocycles. The fraction of sp³-hybridized carbons (Fsp3) is 0.357. The molecule has 1 atom stereocenters. The molecule has 0 aliphatic heterocycles. The summed E-state index contributed by atoms with van der Waals surface area (Å²) in [5.74, 6) is -0.160. The highest BCUT2D eigenvalue weighted by atomic mass is 32.2. The minimum Gasteiger partial charge on any atom is -0.490 e. The van der Waals surface area contributed by atoms with Crippen LogP contribution in [0.5, 0.6) is 5.75 Å². The lowest BCUT2D eigenvalue weighted by atomic mass is 9.87. The Morgan fingerprint density at radius 2 is 1.13 bits per heavy atom. The lowest BCUT2D eigenvalue weighted by Gasteiger charge is -2.36. The van der Waals surface area contributed by atoms with Crippen molar-refractivity contribution < 1.29 is 40.6 Å². The number of hydrogen-bond donors (Lipinski definition) is 0. The molecule has 0 heterocycles. The van der Waals surface area contributed by atoms with Crippen molar-refractivity contribution in [2.45, 2.75) is 58.8 Å². The van der Waals surface area contributed by atoms with E-state index >= 15 is 0 Å². The summed E-state index contributed by atoms with van der Waals surface area (Å²) < 4.78 is 94.9. The largest absolute Gasteiger partial charge is 0.490 e. The molecule has 3 rings (SSSR count). The molecule has 38 heavy (non-hydrogen) atoms. The van der Waals surface area contributed by atoms with Gasteiger partial charge in [0.15, 0.2) is 14.7 Å². The minimum atomic E-state index is -5.79. The first-order valence-electron chi connectivity index (χ1n) is 11.6. The molecular formula is C28H29F6O3S+. The number of rotatable bonds is 9. The monoisotopic (exact) mass is 559 g/mol. The van der Waals surface area contributed by atoms with Gasteiger partial charge < -0.3 is 14.2 Å². The maximum absolute atomic E-state index is 13.6. The smallest absolute Gasteiger partial charge is 0.430 e. The topological polar surface area (TPSA) is 27.7 Å². The molecule has 206 valence electrons. The Kier molecular flexibility index (Phi) is 9.11. The summed E-state index contributed by atoms with van der Waals surface area (Å²) in [6.07, 6.45) is -11.6. The molecule has 0 saturated carbocycles.